The maximum atomic E-state index is 11.9. The summed E-state index contributed by atoms with van der Waals surface area (Å²) in [5.41, 5.74) is 6.77. The number of anilines is 1. The SMILES string of the molecule is CN(CC(C)(C)C)C(=O)c1cc(N)c[nH]1. The van der Waals surface area contributed by atoms with Crippen LogP contribution in [-0.2, 0) is 0 Å². The molecule has 1 aromatic rings. The Bertz CT molecular complexity index is 349. The van der Waals surface area contributed by atoms with Gasteiger partial charge in [0.1, 0.15) is 5.69 Å². The Labute approximate surface area is 90.5 Å². The van der Waals surface area contributed by atoms with Gasteiger partial charge in [-0.3, -0.25) is 4.79 Å². The van der Waals surface area contributed by atoms with E-state index in [2.05, 4.69) is 25.8 Å². The van der Waals surface area contributed by atoms with E-state index in [1.54, 1.807) is 24.2 Å². The average Bonchev–Trinajstić information content (AvgIpc) is 2.47. The van der Waals surface area contributed by atoms with Crippen LogP contribution in [0, 0.1) is 5.41 Å². The summed E-state index contributed by atoms with van der Waals surface area (Å²) in [6.45, 7) is 7.00. The average molecular weight is 209 g/mol. The number of carbonyl (C=O) groups is 1. The highest BCUT2D eigenvalue weighted by molar-refractivity contribution is 5.93. The highest BCUT2D eigenvalue weighted by Gasteiger charge is 2.19. The molecule has 0 fully saturated rings. The molecule has 0 bridgehead atoms. The van der Waals surface area contributed by atoms with Crippen molar-refractivity contribution in [3.63, 3.8) is 0 Å². The fourth-order valence-corrected chi connectivity index (χ4v) is 1.52. The van der Waals surface area contributed by atoms with Crippen LogP contribution >= 0.6 is 0 Å². The summed E-state index contributed by atoms with van der Waals surface area (Å²) in [4.78, 5) is 16.4. The van der Waals surface area contributed by atoms with Gasteiger partial charge in [-0.05, 0) is 11.5 Å². The minimum Gasteiger partial charge on any atom is -0.397 e. The van der Waals surface area contributed by atoms with Crippen molar-refractivity contribution in [3.05, 3.63) is 18.0 Å². The zero-order valence-corrected chi connectivity index (χ0v) is 9.79. The van der Waals surface area contributed by atoms with Crippen molar-refractivity contribution < 1.29 is 4.79 Å². The molecule has 0 radical (unpaired) electrons. The van der Waals surface area contributed by atoms with E-state index >= 15 is 0 Å². The molecule has 0 saturated carbocycles. The number of rotatable bonds is 2. The normalized spacial score (nSPS) is 11.5. The van der Waals surface area contributed by atoms with Gasteiger partial charge in [-0.2, -0.15) is 0 Å². The van der Waals surface area contributed by atoms with Gasteiger partial charge in [0.25, 0.3) is 5.91 Å². The zero-order valence-electron chi connectivity index (χ0n) is 9.79. The lowest BCUT2D eigenvalue weighted by atomic mass is 9.96. The number of amides is 1. The molecule has 0 aromatic carbocycles. The molecule has 4 nitrogen and oxygen atoms in total. The van der Waals surface area contributed by atoms with E-state index in [9.17, 15) is 4.79 Å². The summed E-state index contributed by atoms with van der Waals surface area (Å²) in [6, 6.07) is 1.65. The van der Waals surface area contributed by atoms with Crippen molar-refractivity contribution in [3.8, 4) is 0 Å². The largest absolute Gasteiger partial charge is 0.397 e. The third kappa shape index (κ3) is 3.31. The van der Waals surface area contributed by atoms with Gasteiger partial charge < -0.3 is 15.6 Å². The topological polar surface area (TPSA) is 62.1 Å². The predicted molar refractivity (Wildman–Crippen MR) is 61.6 cm³/mol. The fraction of sp³-hybridized carbons (Fsp3) is 0.545. The Balaban J connectivity index is 2.69. The van der Waals surface area contributed by atoms with Crippen molar-refractivity contribution in [2.75, 3.05) is 19.3 Å². The number of nitrogens with zero attached hydrogens (tertiary/aromatic N) is 1. The summed E-state index contributed by atoms with van der Waals surface area (Å²) in [7, 11) is 1.80. The minimum absolute atomic E-state index is 0.0263. The second-order valence-corrected chi connectivity index (χ2v) is 5.07. The molecule has 15 heavy (non-hydrogen) atoms. The van der Waals surface area contributed by atoms with Crippen LogP contribution in [0.1, 0.15) is 31.3 Å². The summed E-state index contributed by atoms with van der Waals surface area (Å²) in [6.07, 6.45) is 1.62. The predicted octanol–water partition coefficient (Wildman–Crippen LogP) is 1.71. The van der Waals surface area contributed by atoms with E-state index < -0.39 is 0 Å². The van der Waals surface area contributed by atoms with Crippen molar-refractivity contribution in [2.24, 2.45) is 5.41 Å². The molecule has 4 heteroatoms. The van der Waals surface area contributed by atoms with Crippen LogP contribution in [0.15, 0.2) is 12.3 Å². The molecule has 1 amide bonds. The lowest BCUT2D eigenvalue weighted by molar-refractivity contribution is 0.0740. The van der Waals surface area contributed by atoms with Gasteiger partial charge in [0.05, 0.1) is 0 Å². The molecule has 0 spiro atoms. The van der Waals surface area contributed by atoms with Gasteiger partial charge in [-0.1, -0.05) is 20.8 Å². The van der Waals surface area contributed by atoms with Gasteiger partial charge in [0.2, 0.25) is 0 Å². The summed E-state index contributed by atoms with van der Waals surface area (Å²) < 4.78 is 0. The molecule has 1 rings (SSSR count). The number of aromatic nitrogens is 1. The molecule has 1 heterocycles. The van der Waals surface area contributed by atoms with Crippen molar-refractivity contribution in [2.45, 2.75) is 20.8 Å². The number of hydrogen-bond donors (Lipinski definition) is 2. The van der Waals surface area contributed by atoms with E-state index in [1.807, 2.05) is 0 Å². The number of H-pyrrole nitrogens is 1. The second-order valence-electron chi connectivity index (χ2n) is 5.07. The van der Waals surface area contributed by atoms with E-state index in [0.29, 0.717) is 17.9 Å². The third-order valence-electron chi connectivity index (χ3n) is 1.99. The Morgan fingerprint density at radius 3 is 2.53 bits per heavy atom. The maximum Gasteiger partial charge on any atom is 0.270 e. The highest BCUT2D eigenvalue weighted by atomic mass is 16.2. The van der Waals surface area contributed by atoms with Crippen LogP contribution in [0.5, 0.6) is 0 Å². The number of nitrogens with two attached hydrogens (primary N) is 1. The standard InChI is InChI=1S/C11H19N3O/c1-11(2,3)7-14(4)10(15)9-5-8(12)6-13-9/h5-6,13H,7,12H2,1-4H3. The number of nitrogen functional groups attached to an aromatic ring is 1. The zero-order chi connectivity index (χ0) is 11.6. The lowest BCUT2D eigenvalue weighted by Crippen LogP contribution is -2.34. The van der Waals surface area contributed by atoms with Crippen LogP contribution in [0.3, 0.4) is 0 Å². The highest BCUT2D eigenvalue weighted by Crippen LogP contribution is 2.16. The van der Waals surface area contributed by atoms with E-state index in [0.717, 1.165) is 0 Å². The smallest absolute Gasteiger partial charge is 0.270 e. The van der Waals surface area contributed by atoms with Crippen LogP contribution < -0.4 is 5.73 Å². The van der Waals surface area contributed by atoms with Gasteiger partial charge in [0.15, 0.2) is 0 Å². The minimum atomic E-state index is -0.0263. The quantitative estimate of drug-likeness (QED) is 0.779. The molecule has 0 aliphatic rings. The first-order valence-electron chi connectivity index (χ1n) is 4.99. The maximum absolute atomic E-state index is 11.9. The number of carbonyl (C=O) groups excluding carboxylic acids is 1. The molecule has 0 atom stereocenters. The van der Waals surface area contributed by atoms with Gasteiger partial charge in [0, 0.05) is 25.5 Å². The summed E-state index contributed by atoms with van der Waals surface area (Å²) in [5, 5.41) is 0. The molecule has 84 valence electrons. The van der Waals surface area contributed by atoms with E-state index in [-0.39, 0.29) is 11.3 Å². The first kappa shape index (κ1) is 11.6. The molecule has 1 aromatic heterocycles. The van der Waals surface area contributed by atoms with Crippen molar-refractivity contribution in [1.29, 1.82) is 0 Å². The Morgan fingerprint density at radius 1 is 1.53 bits per heavy atom. The fourth-order valence-electron chi connectivity index (χ4n) is 1.52. The third-order valence-corrected chi connectivity index (χ3v) is 1.99. The van der Waals surface area contributed by atoms with Crippen molar-refractivity contribution >= 4 is 11.6 Å². The van der Waals surface area contributed by atoms with Gasteiger partial charge >= 0.3 is 0 Å². The Kier molecular flexibility index (Phi) is 3.07. The molecular weight excluding hydrogens is 190 g/mol. The van der Waals surface area contributed by atoms with Gasteiger partial charge in [-0.15, -0.1) is 0 Å². The van der Waals surface area contributed by atoms with Crippen LogP contribution in [0.25, 0.3) is 0 Å². The van der Waals surface area contributed by atoms with Crippen LogP contribution in [0.2, 0.25) is 0 Å². The molecular formula is C11H19N3O. The monoisotopic (exact) mass is 209 g/mol. The van der Waals surface area contributed by atoms with Crippen LogP contribution in [0.4, 0.5) is 5.69 Å². The second kappa shape index (κ2) is 3.96. The first-order valence-corrected chi connectivity index (χ1v) is 4.99. The molecule has 0 aliphatic carbocycles. The number of hydrogen-bond acceptors (Lipinski definition) is 2. The summed E-state index contributed by atoms with van der Waals surface area (Å²) in [5.74, 6) is -0.0263. The molecule has 0 unspecified atom stereocenters. The molecule has 3 N–H and O–H groups in total. The first-order chi connectivity index (χ1) is 6.79. The van der Waals surface area contributed by atoms with E-state index in [1.165, 1.54) is 0 Å². The lowest BCUT2D eigenvalue weighted by Gasteiger charge is -2.26. The Hall–Kier alpha value is -1.45. The van der Waals surface area contributed by atoms with E-state index in [4.69, 9.17) is 5.73 Å². The molecule has 0 saturated heterocycles. The van der Waals surface area contributed by atoms with Crippen LogP contribution in [-0.4, -0.2) is 29.4 Å². The van der Waals surface area contributed by atoms with Crippen molar-refractivity contribution in [1.82, 2.24) is 9.88 Å². The molecule has 0 aliphatic heterocycles. The Morgan fingerprint density at radius 2 is 2.13 bits per heavy atom. The number of nitrogens with one attached hydrogen (secondary N) is 1. The number of aromatic amines is 1. The van der Waals surface area contributed by atoms with Gasteiger partial charge in [-0.25, -0.2) is 0 Å². The summed E-state index contributed by atoms with van der Waals surface area (Å²) >= 11 is 0.